The van der Waals surface area contributed by atoms with Gasteiger partial charge in [0, 0.05) is 23.8 Å². The van der Waals surface area contributed by atoms with Gasteiger partial charge in [-0.1, -0.05) is 0 Å². The minimum Gasteiger partial charge on any atom is -0.381 e. The number of hydrogen-bond acceptors (Lipinski definition) is 6. The van der Waals surface area contributed by atoms with Crippen LogP contribution in [0.3, 0.4) is 0 Å². The van der Waals surface area contributed by atoms with Gasteiger partial charge < -0.3 is 5.73 Å². The number of sulfonamides is 1. The van der Waals surface area contributed by atoms with E-state index < -0.39 is 16.1 Å². The molecule has 1 unspecified atom stereocenters. The summed E-state index contributed by atoms with van der Waals surface area (Å²) in [5, 5.41) is 6.54. The van der Waals surface area contributed by atoms with Gasteiger partial charge in [0.15, 0.2) is 5.82 Å². The van der Waals surface area contributed by atoms with Crippen LogP contribution in [0.5, 0.6) is 0 Å². The maximum absolute atomic E-state index is 12.3. The third kappa shape index (κ3) is 3.00. The van der Waals surface area contributed by atoms with E-state index in [0.717, 1.165) is 5.69 Å². The monoisotopic (exact) mass is 315 g/mol. The highest BCUT2D eigenvalue weighted by molar-refractivity contribution is 7.89. The van der Waals surface area contributed by atoms with Gasteiger partial charge in [0.05, 0.1) is 6.04 Å². The summed E-state index contributed by atoms with van der Waals surface area (Å²) in [6, 6.07) is -0.414. The lowest BCUT2D eigenvalue weighted by Gasteiger charge is -2.10. The van der Waals surface area contributed by atoms with E-state index in [9.17, 15) is 8.42 Å². The van der Waals surface area contributed by atoms with Gasteiger partial charge in [-0.3, -0.25) is 4.68 Å². The SMILES string of the molecule is CCn1cc(S(=O)(=O)NC(C)c2nc(C)cs2)c(N)n1. The fourth-order valence-corrected chi connectivity index (χ4v) is 3.86. The van der Waals surface area contributed by atoms with Gasteiger partial charge in [0.25, 0.3) is 0 Å². The molecule has 2 aromatic rings. The van der Waals surface area contributed by atoms with Crippen molar-refractivity contribution in [2.24, 2.45) is 0 Å². The van der Waals surface area contributed by atoms with Crippen LogP contribution in [0.25, 0.3) is 0 Å². The van der Waals surface area contributed by atoms with Crippen LogP contribution in [-0.2, 0) is 16.6 Å². The molecule has 0 amide bonds. The van der Waals surface area contributed by atoms with Crippen molar-refractivity contribution < 1.29 is 8.42 Å². The van der Waals surface area contributed by atoms with Crippen molar-refractivity contribution in [3.63, 3.8) is 0 Å². The van der Waals surface area contributed by atoms with Gasteiger partial charge >= 0.3 is 0 Å². The van der Waals surface area contributed by atoms with Gasteiger partial charge in [0.1, 0.15) is 9.90 Å². The van der Waals surface area contributed by atoms with Gasteiger partial charge in [-0.2, -0.15) is 5.10 Å². The summed E-state index contributed by atoms with van der Waals surface area (Å²) in [7, 11) is -3.71. The molecule has 2 rings (SSSR count). The van der Waals surface area contributed by atoms with Crippen molar-refractivity contribution in [2.45, 2.75) is 38.3 Å². The van der Waals surface area contributed by atoms with Gasteiger partial charge in [0.2, 0.25) is 10.0 Å². The molecule has 0 bridgehead atoms. The summed E-state index contributed by atoms with van der Waals surface area (Å²) in [4.78, 5) is 4.27. The summed E-state index contributed by atoms with van der Waals surface area (Å²) in [6.45, 7) is 6.03. The quantitative estimate of drug-likeness (QED) is 0.865. The zero-order valence-electron chi connectivity index (χ0n) is 11.5. The number of aromatic nitrogens is 3. The third-order valence-corrected chi connectivity index (χ3v) is 5.41. The molecule has 0 aromatic carbocycles. The zero-order chi connectivity index (χ0) is 14.9. The van der Waals surface area contributed by atoms with E-state index in [-0.39, 0.29) is 10.7 Å². The van der Waals surface area contributed by atoms with Gasteiger partial charge in [-0.15, -0.1) is 11.3 Å². The van der Waals surface area contributed by atoms with Crippen LogP contribution in [0, 0.1) is 6.92 Å². The standard InChI is InChI=1S/C11H17N5O2S2/c1-4-16-5-9(10(12)14-16)20(17,18)15-8(3)11-13-7(2)6-19-11/h5-6,8,15H,4H2,1-3H3,(H2,12,14). The lowest BCUT2D eigenvalue weighted by atomic mass is 10.4. The first-order valence-corrected chi connectivity index (χ1v) is 8.47. The highest BCUT2D eigenvalue weighted by Crippen LogP contribution is 2.22. The molecule has 0 aliphatic rings. The summed E-state index contributed by atoms with van der Waals surface area (Å²) in [5.41, 5.74) is 6.53. The number of nitrogens with one attached hydrogen (secondary N) is 1. The van der Waals surface area contributed by atoms with Crippen LogP contribution in [0.15, 0.2) is 16.5 Å². The smallest absolute Gasteiger partial charge is 0.246 e. The topological polar surface area (TPSA) is 103 Å². The minimum atomic E-state index is -3.71. The average Bonchev–Trinajstić information content (AvgIpc) is 2.95. The third-order valence-electron chi connectivity index (χ3n) is 2.71. The Morgan fingerprint density at radius 1 is 1.55 bits per heavy atom. The van der Waals surface area contributed by atoms with E-state index in [0.29, 0.717) is 11.6 Å². The summed E-state index contributed by atoms with van der Waals surface area (Å²) < 4.78 is 28.7. The molecule has 7 nitrogen and oxygen atoms in total. The predicted molar refractivity (Wildman–Crippen MR) is 77.9 cm³/mol. The molecule has 3 N–H and O–H groups in total. The number of nitrogens with two attached hydrogens (primary N) is 1. The van der Waals surface area contributed by atoms with Crippen molar-refractivity contribution >= 4 is 27.2 Å². The maximum atomic E-state index is 12.3. The number of rotatable bonds is 5. The van der Waals surface area contributed by atoms with Gasteiger partial charge in [-0.25, -0.2) is 18.1 Å². The Kier molecular flexibility index (Phi) is 4.11. The lowest BCUT2D eigenvalue weighted by molar-refractivity contribution is 0.566. The van der Waals surface area contributed by atoms with Crippen molar-refractivity contribution in [2.75, 3.05) is 5.73 Å². The largest absolute Gasteiger partial charge is 0.381 e. The van der Waals surface area contributed by atoms with E-state index in [1.165, 1.54) is 22.2 Å². The maximum Gasteiger partial charge on any atom is 0.246 e. The Hall–Kier alpha value is -1.45. The van der Waals surface area contributed by atoms with Crippen LogP contribution < -0.4 is 10.5 Å². The molecule has 9 heteroatoms. The summed E-state index contributed by atoms with van der Waals surface area (Å²) in [5.74, 6) is 0.00173. The van der Waals surface area contributed by atoms with Crippen LogP contribution >= 0.6 is 11.3 Å². The number of nitrogens with zero attached hydrogens (tertiary/aromatic N) is 3. The highest BCUT2D eigenvalue weighted by atomic mass is 32.2. The number of thiazole rings is 1. The Balaban J connectivity index is 2.24. The molecular formula is C11H17N5O2S2. The molecule has 0 saturated carbocycles. The van der Waals surface area contributed by atoms with Gasteiger partial charge in [-0.05, 0) is 20.8 Å². The van der Waals surface area contributed by atoms with E-state index in [4.69, 9.17) is 5.73 Å². The zero-order valence-corrected chi connectivity index (χ0v) is 13.1. The van der Waals surface area contributed by atoms with E-state index in [1.807, 2.05) is 19.2 Å². The van der Waals surface area contributed by atoms with Crippen LogP contribution in [0.4, 0.5) is 5.82 Å². The molecular weight excluding hydrogens is 298 g/mol. The fraction of sp³-hybridized carbons (Fsp3) is 0.455. The lowest BCUT2D eigenvalue weighted by Crippen LogP contribution is -2.27. The van der Waals surface area contributed by atoms with Crippen LogP contribution in [0.1, 0.15) is 30.6 Å². The summed E-state index contributed by atoms with van der Waals surface area (Å²) in [6.07, 6.45) is 1.43. The normalized spacial score (nSPS) is 13.6. The Morgan fingerprint density at radius 3 is 2.75 bits per heavy atom. The Labute approximate surface area is 121 Å². The predicted octanol–water partition coefficient (Wildman–Crippen LogP) is 1.29. The number of aryl methyl sites for hydroxylation is 2. The Bertz CT molecular complexity index is 704. The second kappa shape index (κ2) is 5.51. The number of hydrogen-bond donors (Lipinski definition) is 2. The molecule has 0 aliphatic heterocycles. The van der Waals surface area contributed by atoms with Crippen molar-refractivity contribution in [1.82, 2.24) is 19.5 Å². The van der Waals surface area contributed by atoms with Crippen LogP contribution in [0.2, 0.25) is 0 Å². The summed E-state index contributed by atoms with van der Waals surface area (Å²) >= 11 is 1.42. The molecule has 1 atom stereocenters. The fourth-order valence-electron chi connectivity index (χ4n) is 1.70. The first-order chi connectivity index (χ1) is 9.33. The highest BCUT2D eigenvalue weighted by Gasteiger charge is 2.24. The molecule has 0 saturated heterocycles. The second-order valence-electron chi connectivity index (χ2n) is 4.40. The molecule has 0 fully saturated rings. The first-order valence-electron chi connectivity index (χ1n) is 6.10. The molecule has 0 aliphatic carbocycles. The molecule has 20 heavy (non-hydrogen) atoms. The Morgan fingerprint density at radius 2 is 2.25 bits per heavy atom. The van der Waals surface area contributed by atoms with E-state index >= 15 is 0 Å². The molecule has 0 spiro atoms. The molecule has 2 aromatic heterocycles. The average molecular weight is 315 g/mol. The van der Waals surface area contributed by atoms with Crippen molar-refractivity contribution in [3.05, 3.63) is 22.3 Å². The first kappa shape index (κ1) is 14.9. The molecule has 110 valence electrons. The minimum absolute atomic E-state index is 0.000483. The van der Waals surface area contributed by atoms with E-state index in [1.54, 1.807) is 6.92 Å². The molecule has 0 radical (unpaired) electrons. The van der Waals surface area contributed by atoms with Crippen molar-refractivity contribution in [1.29, 1.82) is 0 Å². The molecule has 2 heterocycles. The van der Waals surface area contributed by atoms with Crippen LogP contribution in [-0.4, -0.2) is 23.2 Å². The number of anilines is 1. The van der Waals surface area contributed by atoms with Crippen molar-refractivity contribution in [3.8, 4) is 0 Å². The van der Waals surface area contributed by atoms with E-state index in [2.05, 4.69) is 14.8 Å². The second-order valence-corrected chi connectivity index (χ2v) is 6.98. The number of nitrogen functional groups attached to an aromatic ring is 1.